The van der Waals surface area contributed by atoms with E-state index in [1.54, 1.807) is 0 Å². The SMILES string of the molecule is CC1(C)OB(c2ccc3c(c2)CCCS3)OC1(C)C. The van der Waals surface area contributed by atoms with E-state index in [9.17, 15) is 0 Å². The minimum absolute atomic E-state index is 0.234. The van der Waals surface area contributed by atoms with E-state index in [4.69, 9.17) is 9.31 Å². The molecule has 2 heterocycles. The molecule has 2 aliphatic heterocycles. The highest BCUT2D eigenvalue weighted by atomic mass is 32.2. The lowest BCUT2D eigenvalue weighted by Crippen LogP contribution is -2.41. The van der Waals surface area contributed by atoms with E-state index in [1.807, 2.05) is 11.8 Å². The number of aryl methyl sites for hydroxylation is 1. The second kappa shape index (κ2) is 4.54. The monoisotopic (exact) mass is 276 g/mol. The zero-order chi connectivity index (χ0) is 13.7. The van der Waals surface area contributed by atoms with Gasteiger partial charge >= 0.3 is 7.12 Å². The standard InChI is InChI=1S/C15H21BO2S/c1-14(2)15(3,4)18-16(17-14)12-7-8-13-11(10-12)6-5-9-19-13/h7-8,10H,5-6,9H2,1-4H3. The van der Waals surface area contributed by atoms with Crippen molar-refractivity contribution < 1.29 is 9.31 Å². The first-order valence-electron chi connectivity index (χ1n) is 7.00. The first-order valence-corrected chi connectivity index (χ1v) is 7.99. The zero-order valence-electron chi connectivity index (χ0n) is 12.2. The van der Waals surface area contributed by atoms with Gasteiger partial charge in [-0.15, -0.1) is 11.8 Å². The molecular formula is C15H21BO2S. The molecular weight excluding hydrogens is 255 g/mol. The molecule has 0 N–H and O–H groups in total. The van der Waals surface area contributed by atoms with E-state index < -0.39 is 0 Å². The summed E-state index contributed by atoms with van der Waals surface area (Å²) in [5.41, 5.74) is 2.08. The predicted molar refractivity (Wildman–Crippen MR) is 81.2 cm³/mol. The molecule has 0 radical (unpaired) electrons. The second-order valence-electron chi connectivity index (χ2n) is 6.41. The fourth-order valence-corrected chi connectivity index (χ4v) is 3.53. The fourth-order valence-electron chi connectivity index (χ4n) is 2.51. The van der Waals surface area contributed by atoms with Crippen molar-refractivity contribution in [2.75, 3.05) is 5.75 Å². The van der Waals surface area contributed by atoms with E-state index in [1.165, 1.54) is 29.1 Å². The smallest absolute Gasteiger partial charge is 0.399 e. The second-order valence-corrected chi connectivity index (χ2v) is 7.54. The Morgan fingerprint density at radius 3 is 2.47 bits per heavy atom. The van der Waals surface area contributed by atoms with Gasteiger partial charge in [-0.05, 0) is 63.4 Å². The van der Waals surface area contributed by atoms with Crippen molar-refractivity contribution in [3.8, 4) is 0 Å². The molecule has 0 saturated carbocycles. The third-order valence-electron chi connectivity index (χ3n) is 4.46. The van der Waals surface area contributed by atoms with Crippen LogP contribution in [0.15, 0.2) is 23.1 Å². The Kier molecular flexibility index (Phi) is 3.23. The van der Waals surface area contributed by atoms with Crippen LogP contribution in [0.1, 0.15) is 39.7 Å². The van der Waals surface area contributed by atoms with E-state index in [0.717, 1.165) is 5.46 Å². The van der Waals surface area contributed by atoms with Gasteiger partial charge in [0.1, 0.15) is 0 Å². The Bertz CT molecular complexity index is 483. The molecule has 0 unspecified atom stereocenters. The van der Waals surface area contributed by atoms with Crippen LogP contribution in [0.2, 0.25) is 0 Å². The summed E-state index contributed by atoms with van der Waals surface area (Å²) in [5.74, 6) is 1.24. The largest absolute Gasteiger partial charge is 0.494 e. The highest BCUT2D eigenvalue weighted by Gasteiger charge is 2.51. The number of benzene rings is 1. The normalized spacial score (nSPS) is 24.3. The fraction of sp³-hybridized carbons (Fsp3) is 0.600. The van der Waals surface area contributed by atoms with Crippen molar-refractivity contribution in [1.29, 1.82) is 0 Å². The average Bonchev–Trinajstić information content (AvgIpc) is 2.58. The summed E-state index contributed by atoms with van der Waals surface area (Å²) in [6, 6.07) is 6.64. The maximum atomic E-state index is 6.11. The molecule has 0 atom stereocenters. The summed E-state index contributed by atoms with van der Waals surface area (Å²) in [7, 11) is -0.234. The van der Waals surface area contributed by atoms with Crippen molar-refractivity contribution in [1.82, 2.24) is 0 Å². The molecule has 1 saturated heterocycles. The van der Waals surface area contributed by atoms with Crippen LogP contribution in [-0.4, -0.2) is 24.1 Å². The van der Waals surface area contributed by atoms with Crippen LogP contribution >= 0.6 is 11.8 Å². The van der Waals surface area contributed by atoms with Crippen LogP contribution in [-0.2, 0) is 15.7 Å². The van der Waals surface area contributed by atoms with Gasteiger partial charge in [0.25, 0.3) is 0 Å². The summed E-state index contributed by atoms with van der Waals surface area (Å²) in [6.45, 7) is 8.39. The van der Waals surface area contributed by atoms with E-state index in [2.05, 4.69) is 45.9 Å². The van der Waals surface area contributed by atoms with Crippen LogP contribution in [0, 0.1) is 0 Å². The molecule has 1 fully saturated rings. The number of rotatable bonds is 1. The molecule has 1 aromatic carbocycles. The third-order valence-corrected chi connectivity index (χ3v) is 5.66. The first-order chi connectivity index (χ1) is 8.89. The minimum Gasteiger partial charge on any atom is -0.399 e. The van der Waals surface area contributed by atoms with E-state index in [0.29, 0.717) is 0 Å². The molecule has 2 nitrogen and oxygen atoms in total. The molecule has 0 aromatic heterocycles. The lowest BCUT2D eigenvalue weighted by atomic mass is 9.78. The summed E-state index contributed by atoms with van der Waals surface area (Å²) < 4.78 is 12.2. The molecule has 102 valence electrons. The number of fused-ring (bicyclic) bond motifs is 1. The van der Waals surface area contributed by atoms with Crippen molar-refractivity contribution in [2.24, 2.45) is 0 Å². The van der Waals surface area contributed by atoms with Crippen LogP contribution in [0.4, 0.5) is 0 Å². The summed E-state index contributed by atoms with van der Waals surface area (Å²) in [5, 5.41) is 0. The van der Waals surface area contributed by atoms with Gasteiger partial charge in [-0.1, -0.05) is 12.1 Å². The number of hydrogen-bond donors (Lipinski definition) is 0. The van der Waals surface area contributed by atoms with Crippen LogP contribution < -0.4 is 5.46 Å². The van der Waals surface area contributed by atoms with Crippen LogP contribution in [0.5, 0.6) is 0 Å². The van der Waals surface area contributed by atoms with Crippen LogP contribution in [0.25, 0.3) is 0 Å². The lowest BCUT2D eigenvalue weighted by molar-refractivity contribution is 0.00578. The highest BCUT2D eigenvalue weighted by molar-refractivity contribution is 7.99. The van der Waals surface area contributed by atoms with Gasteiger partial charge in [0.15, 0.2) is 0 Å². The van der Waals surface area contributed by atoms with Crippen molar-refractivity contribution >= 4 is 24.3 Å². The number of hydrogen-bond acceptors (Lipinski definition) is 3. The van der Waals surface area contributed by atoms with E-state index >= 15 is 0 Å². The lowest BCUT2D eigenvalue weighted by Gasteiger charge is -2.32. The molecule has 0 bridgehead atoms. The van der Waals surface area contributed by atoms with Crippen molar-refractivity contribution in [2.45, 2.75) is 56.6 Å². The van der Waals surface area contributed by atoms with Crippen molar-refractivity contribution in [3.05, 3.63) is 23.8 Å². The first kappa shape index (κ1) is 13.5. The molecule has 19 heavy (non-hydrogen) atoms. The Morgan fingerprint density at radius 2 is 1.79 bits per heavy atom. The maximum absolute atomic E-state index is 6.11. The molecule has 0 spiro atoms. The molecule has 1 aromatic rings. The maximum Gasteiger partial charge on any atom is 0.494 e. The van der Waals surface area contributed by atoms with Gasteiger partial charge in [-0.3, -0.25) is 0 Å². The van der Waals surface area contributed by atoms with Gasteiger partial charge in [-0.25, -0.2) is 0 Å². The topological polar surface area (TPSA) is 18.5 Å². The van der Waals surface area contributed by atoms with Gasteiger partial charge in [0.2, 0.25) is 0 Å². The molecule has 0 amide bonds. The quantitative estimate of drug-likeness (QED) is 0.735. The van der Waals surface area contributed by atoms with Gasteiger partial charge in [-0.2, -0.15) is 0 Å². The molecule has 0 aliphatic carbocycles. The van der Waals surface area contributed by atoms with Gasteiger partial charge in [0.05, 0.1) is 11.2 Å². The van der Waals surface area contributed by atoms with Gasteiger partial charge in [0, 0.05) is 4.90 Å². The molecule has 3 rings (SSSR count). The Hall–Kier alpha value is -0.445. The Morgan fingerprint density at radius 1 is 1.11 bits per heavy atom. The third kappa shape index (κ3) is 2.35. The average molecular weight is 276 g/mol. The molecule has 4 heteroatoms. The Balaban J connectivity index is 1.88. The highest BCUT2D eigenvalue weighted by Crippen LogP contribution is 2.37. The Labute approximate surface area is 120 Å². The van der Waals surface area contributed by atoms with E-state index in [-0.39, 0.29) is 18.3 Å². The van der Waals surface area contributed by atoms with Crippen molar-refractivity contribution in [3.63, 3.8) is 0 Å². The van der Waals surface area contributed by atoms with Gasteiger partial charge < -0.3 is 9.31 Å². The summed E-state index contributed by atoms with van der Waals surface area (Å²) in [6.07, 6.45) is 2.44. The zero-order valence-corrected chi connectivity index (χ0v) is 13.0. The minimum atomic E-state index is -0.262. The number of thioether (sulfide) groups is 1. The molecule has 2 aliphatic rings. The predicted octanol–water partition coefficient (Wildman–Crippen LogP) is 3.02. The van der Waals surface area contributed by atoms with Crippen LogP contribution in [0.3, 0.4) is 0 Å². The summed E-state index contributed by atoms with van der Waals surface area (Å²) in [4.78, 5) is 1.42. The summed E-state index contributed by atoms with van der Waals surface area (Å²) >= 11 is 1.96.